The molecule has 0 amide bonds. The van der Waals surface area contributed by atoms with E-state index in [0.29, 0.717) is 18.7 Å². The van der Waals surface area contributed by atoms with Crippen molar-refractivity contribution >= 4 is 15.4 Å². The number of sulfone groups is 1. The molecule has 6 heteroatoms. The first kappa shape index (κ1) is 11.5. The summed E-state index contributed by atoms with van der Waals surface area (Å²) in [5.74, 6) is 0.974. The van der Waals surface area contributed by atoms with E-state index in [4.69, 9.17) is 0 Å². The summed E-state index contributed by atoms with van der Waals surface area (Å²) >= 11 is 0. The van der Waals surface area contributed by atoms with Crippen molar-refractivity contribution in [3.05, 3.63) is 30.2 Å². The van der Waals surface area contributed by atoms with Gasteiger partial charge in [-0.05, 0) is 25.0 Å². The predicted molar refractivity (Wildman–Crippen MR) is 67.4 cm³/mol. The average Bonchev–Trinajstić information content (AvgIpc) is 2.85. The highest BCUT2D eigenvalue weighted by atomic mass is 32.2. The van der Waals surface area contributed by atoms with Crippen LogP contribution in [0.1, 0.15) is 18.7 Å². The summed E-state index contributed by atoms with van der Waals surface area (Å²) in [4.78, 5) is 4.22. The molecular weight excluding hydrogens is 252 g/mol. The van der Waals surface area contributed by atoms with E-state index < -0.39 is 9.84 Å². The number of pyridine rings is 1. The summed E-state index contributed by atoms with van der Waals surface area (Å²) in [5.41, 5.74) is 0.778. The topological polar surface area (TPSA) is 71.7 Å². The molecule has 3 rings (SSSR count). The molecule has 0 aromatic carbocycles. The third-order valence-corrected chi connectivity index (χ3v) is 5.75. The molecular formula is C12H14N2O3S. The predicted octanol–water partition coefficient (Wildman–Crippen LogP) is 1.16. The van der Waals surface area contributed by atoms with Gasteiger partial charge >= 0.3 is 0 Å². The quantitative estimate of drug-likeness (QED) is 0.885. The van der Waals surface area contributed by atoms with Gasteiger partial charge in [-0.15, -0.1) is 0 Å². The van der Waals surface area contributed by atoms with Crippen molar-refractivity contribution in [3.8, 4) is 5.88 Å². The normalized spacial score (nSPS) is 22.6. The Morgan fingerprint density at radius 3 is 3.00 bits per heavy atom. The summed E-state index contributed by atoms with van der Waals surface area (Å²) in [6, 6.07) is 5.14. The van der Waals surface area contributed by atoms with Gasteiger partial charge in [-0.1, -0.05) is 6.07 Å². The monoisotopic (exact) mass is 266 g/mol. The number of rotatable bonds is 2. The minimum atomic E-state index is -2.98. The van der Waals surface area contributed by atoms with Crippen LogP contribution >= 0.6 is 0 Å². The molecule has 1 N–H and O–H groups in total. The minimum absolute atomic E-state index is 0.0930. The van der Waals surface area contributed by atoms with Crippen molar-refractivity contribution in [2.75, 3.05) is 5.75 Å². The molecule has 2 aromatic rings. The molecule has 1 fully saturated rings. The van der Waals surface area contributed by atoms with Gasteiger partial charge in [0.2, 0.25) is 0 Å². The van der Waals surface area contributed by atoms with E-state index in [1.807, 2.05) is 6.07 Å². The van der Waals surface area contributed by atoms with Gasteiger partial charge < -0.3 is 5.11 Å². The van der Waals surface area contributed by atoms with Crippen LogP contribution in [0, 0.1) is 0 Å². The number of aromatic nitrogens is 2. The second kappa shape index (κ2) is 3.98. The van der Waals surface area contributed by atoms with Gasteiger partial charge in [0.05, 0.1) is 22.7 Å². The highest BCUT2D eigenvalue weighted by Crippen LogP contribution is 2.25. The van der Waals surface area contributed by atoms with Crippen molar-refractivity contribution in [1.82, 2.24) is 9.38 Å². The molecule has 0 spiro atoms. The maximum absolute atomic E-state index is 11.8. The van der Waals surface area contributed by atoms with Crippen LogP contribution in [0.25, 0.3) is 5.52 Å². The molecule has 1 aliphatic heterocycles. The third kappa shape index (κ3) is 1.77. The van der Waals surface area contributed by atoms with Gasteiger partial charge in [-0.2, -0.15) is 0 Å². The first-order valence-corrected chi connectivity index (χ1v) is 7.65. The average molecular weight is 266 g/mol. The Hall–Kier alpha value is -1.56. The Kier molecular flexibility index (Phi) is 2.55. The minimum Gasteiger partial charge on any atom is -0.494 e. The van der Waals surface area contributed by atoms with E-state index in [0.717, 1.165) is 11.9 Å². The third-order valence-electron chi connectivity index (χ3n) is 3.48. The number of nitrogens with zero attached hydrogens (tertiary/aromatic N) is 2. The molecule has 3 heterocycles. The maximum Gasteiger partial charge on any atom is 0.197 e. The second-order valence-electron chi connectivity index (χ2n) is 4.65. The molecule has 1 atom stereocenters. The largest absolute Gasteiger partial charge is 0.494 e. The Morgan fingerprint density at radius 2 is 2.28 bits per heavy atom. The summed E-state index contributed by atoms with van der Waals surface area (Å²) in [6.07, 6.45) is 3.43. The van der Waals surface area contributed by atoms with Gasteiger partial charge in [0.25, 0.3) is 0 Å². The Bertz CT molecular complexity index is 690. The fourth-order valence-electron chi connectivity index (χ4n) is 2.53. The number of hydrogen-bond donors (Lipinski definition) is 1. The van der Waals surface area contributed by atoms with Gasteiger partial charge in [0, 0.05) is 6.42 Å². The van der Waals surface area contributed by atoms with Crippen molar-refractivity contribution in [3.63, 3.8) is 0 Å². The molecule has 2 aromatic heterocycles. The lowest BCUT2D eigenvalue weighted by Crippen LogP contribution is -2.19. The SMILES string of the molecule is O=S1(=O)CCCC1Cc1ncc2cccc(O)n12. The highest BCUT2D eigenvalue weighted by Gasteiger charge is 2.32. The van der Waals surface area contributed by atoms with E-state index in [-0.39, 0.29) is 16.9 Å². The van der Waals surface area contributed by atoms with E-state index in [9.17, 15) is 13.5 Å². The Labute approximate surface area is 105 Å². The van der Waals surface area contributed by atoms with E-state index in [1.165, 1.54) is 0 Å². The molecule has 0 saturated carbocycles. The summed E-state index contributed by atoms with van der Waals surface area (Å²) in [7, 11) is -2.98. The van der Waals surface area contributed by atoms with E-state index in [2.05, 4.69) is 4.98 Å². The van der Waals surface area contributed by atoms with Crippen LogP contribution in [0.5, 0.6) is 5.88 Å². The molecule has 18 heavy (non-hydrogen) atoms. The number of imidazole rings is 1. The second-order valence-corrected chi connectivity index (χ2v) is 7.05. The van der Waals surface area contributed by atoms with E-state index >= 15 is 0 Å². The highest BCUT2D eigenvalue weighted by molar-refractivity contribution is 7.92. The fraction of sp³-hybridized carbons (Fsp3) is 0.417. The van der Waals surface area contributed by atoms with Gasteiger partial charge in [0.15, 0.2) is 15.7 Å². The van der Waals surface area contributed by atoms with Crippen molar-refractivity contribution in [2.45, 2.75) is 24.5 Å². The van der Waals surface area contributed by atoms with Crippen molar-refractivity contribution < 1.29 is 13.5 Å². The fourth-order valence-corrected chi connectivity index (χ4v) is 4.36. The van der Waals surface area contributed by atoms with Crippen LogP contribution in [-0.4, -0.2) is 33.9 Å². The lowest BCUT2D eigenvalue weighted by atomic mass is 10.2. The number of fused-ring (bicyclic) bond motifs is 1. The number of aromatic hydroxyl groups is 1. The van der Waals surface area contributed by atoms with E-state index in [1.54, 1.807) is 22.7 Å². The van der Waals surface area contributed by atoms with Gasteiger partial charge in [-0.25, -0.2) is 13.4 Å². The van der Waals surface area contributed by atoms with Gasteiger partial charge in [-0.3, -0.25) is 4.40 Å². The first-order valence-electron chi connectivity index (χ1n) is 5.94. The summed E-state index contributed by atoms with van der Waals surface area (Å²) in [6.45, 7) is 0. The molecule has 1 unspecified atom stereocenters. The molecule has 1 saturated heterocycles. The smallest absolute Gasteiger partial charge is 0.197 e. The summed E-state index contributed by atoms with van der Waals surface area (Å²) in [5, 5.41) is 9.46. The zero-order valence-electron chi connectivity index (χ0n) is 9.78. The molecule has 0 radical (unpaired) electrons. The molecule has 5 nitrogen and oxygen atoms in total. The maximum atomic E-state index is 11.8. The summed E-state index contributed by atoms with van der Waals surface area (Å²) < 4.78 is 25.2. The lowest BCUT2D eigenvalue weighted by Gasteiger charge is -2.09. The zero-order valence-corrected chi connectivity index (χ0v) is 10.6. The molecule has 0 aliphatic carbocycles. The Balaban J connectivity index is 2.01. The molecule has 96 valence electrons. The van der Waals surface area contributed by atoms with Crippen LogP contribution in [0.3, 0.4) is 0 Å². The number of hydrogen-bond acceptors (Lipinski definition) is 4. The van der Waals surface area contributed by atoms with Crippen LogP contribution in [0.4, 0.5) is 0 Å². The lowest BCUT2D eigenvalue weighted by molar-refractivity contribution is 0.442. The molecule has 0 bridgehead atoms. The van der Waals surface area contributed by atoms with Crippen LogP contribution in [-0.2, 0) is 16.3 Å². The molecule has 1 aliphatic rings. The standard InChI is InChI=1S/C12H14N2O3S/c15-12-5-1-3-9-8-13-11(14(9)12)7-10-4-2-6-18(10,16)17/h1,3,5,8,10,15H,2,4,6-7H2. The first-order chi connectivity index (χ1) is 8.58. The van der Waals surface area contributed by atoms with Crippen LogP contribution in [0.2, 0.25) is 0 Å². The van der Waals surface area contributed by atoms with Crippen LogP contribution < -0.4 is 0 Å². The zero-order chi connectivity index (χ0) is 12.8. The van der Waals surface area contributed by atoms with Crippen molar-refractivity contribution in [1.29, 1.82) is 0 Å². The van der Waals surface area contributed by atoms with Gasteiger partial charge in [0.1, 0.15) is 5.82 Å². The van der Waals surface area contributed by atoms with Crippen LogP contribution in [0.15, 0.2) is 24.4 Å². The van der Waals surface area contributed by atoms with Crippen molar-refractivity contribution in [2.24, 2.45) is 0 Å². The Morgan fingerprint density at radius 1 is 1.44 bits per heavy atom.